The number of rotatable bonds is 4. The highest BCUT2D eigenvalue weighted by atomic mass is 16.5. The van der Waals surface area contributed by atoms with Crippen LogP contribution in [0.3, 0.4) is 0 Å². The van der Waals surface area contributed by atoms with Gasteiger partial charge in [0.15, 0.2) is 0 Å². The monoisotopic (exact) mass is 236 g/mol. The molecule has 4 nitrogen and oxygen atoms in total. The lowest BCUT2D eigenvalue weighted by atomic mass is 9.95. The van der Waals surface area contributed by atoms with E-state index in [2.05, 4.69) is 16.7 Å². The molecule has 0 bridgehead atoms. The Kier molecular flexibility index (Phi) is 3.86. The van der Waals surface area contributed by atoms with Crippen LogP contribution in [0.15, 0.2) is 6.07 Å². The molecule has 1 heterocycles. The summed E-state index contributed by atoms with van der Waals surface area (Å²) in [5, 5.41) is 6.53. The van der Waals surface area contributed by atoms with Gasteiger partial charge < -0.3 is 20.1 Å². The standard InChI is InChI=1S/C13H20N2O2/c1-14-7-9-6-12(16-2)11-8-15-5-4-10(11)13(9)17-3/h6,14-15H,4-5,7-8H2,1-3H3. The Hall–Kier alpha value is -1.26. The van der Waals surface area contributed by atoms with Crippen molar-refractivity contribution in [2.24, 2.45) is 0 Å². The first kappa shape index (κ1) is 12.2. The second-order valence-electron chi connectivity index (χ2n) is 4.19. The number of fused-ring (bicyclic) bond motifs is 1. The van der Waals surface area contributed by atoms with Crippen molar-refractivity contribution in [1.82, 2.24) is 10.6 Å². The molecule has 2 rings (SSSR count). The molecule has 1 aliphatic rings. The van der Waals surface area contributed by atoms with Gasteiger partial charge in [-0.25, -0.2) is 0 Å². The zero-order chi connectivity index (χ0) is 12.3. The van der Waals surface area contributed by atoms with Crippen molar-refractivity contribution in [3.63, 3.8) is 0 Å². The lowest BCUT2D eigenvalue weighted by molar-refractivity contribution is 0.383. The molecule has 0 radical (unpaired) electrons. The lowest BCUT2D eigenvalue weighted by Crippen LogP contribution is -2.25. The minimum atomic E-state index is 0.792. The second-order valence-corrected chi connectivity index (χ2v) is 4.19. The molecule has 0 spiro atoms. The van der Waals surface area contributed by atoms with E-state index in [-0.39, 0.29) is 0 Å². The van der Waals surface area contributed by atoms with Crippen molar-refractivity contribution in [3.8, 4) is 11.5 Å². The van der Waals surface area contributed by atoms with Crippen molar-refractivity contribution >= 4 is 0 Å². The first-order valence-electron chi connectivity index (χ1n) is 5.92. The molecule has 2 N–H and O–H groups in total. The molecular formula is C13H20N2O2. The average Bonchev–Trinajstić information content (AvgIpc) is 2.38. The van der Waals surface area contributed by atoms with Crippen molar-refractivity contribution in [1.29, 1.82) is 0 Å². The molecule has 94 valence electrons. The molecule has 0 fully saturated rings. The second kappa shape index (κ2) is 5.38. The molecule has 1 aromatic carbocycles. The molecule has 17 heavy (non-hydrogen) atoms. The topological polar surface area (TPSA) is 42.5 Å². The van der Waals surface area contributed by atoms with E-state index in [9.17, 15) is 0 Å². The summed E-state index contributed by atoms with van der Waals surface area (Å²) in [5.41, 5.74) is 3.68. The molecule has 0 aliphatic carbocycles. The molecule has 0 saturated heterocycles. The number of ether oxygens (including phenoxy) is 2. The van der Waals surface area contributed by atoms with Gasteiger partial charge in [-0.3, -0.25) is 0 Å². The zero-order valence-electron chi connectivity index (χ0n) is 10.7. The smallest absolute Gasteiger partial charge is 0.127 e. The van der Waals surface area contributed by atoms with Gasteiger partial charge in [-0.15, -0.1) is 0 Å². The van der Waals surface area contributed by atoms with Crippen LogP contribution in [-0.2, 0) is 19.5 Å². The average molecular weight is 236 g/mol. The van der Waals surface area contributed by atoms with Crippen LogP contribution in [0.5, 0.6) is 11.5 Å². The fourth-order valence-electron chi connectivity index (χ4n) is 2.43. The molecular weight excluding hydrogens is 216 g/mol. The van der Waals surface area contributed by atoms with E-state index in [0.29, 0.717) is 0 Å². The van der Waals surface area contributed by atoms with Crippen LogP contribution in [0, 0.1) is 0 Å². The third kappa shape index (κ3) is 2.23. The van der Waals surface area contributed by atoms with Crippen molar-refractivity contribution < 1.29 is 9.47 Å². The van der Waals surface area contributed by atoms with Gasteiger partial charge >= 0.3 is 0 Å². The van der Waals surface area contributed by atoms with E-state index in [0.717, 1.165) is 43.1 Å². The Morgan fingerprint density at radius 1 is 1.29 bits per heavy atom. The highest BCUT2D eigenvalue weighted by Crippen LogP contribution is 2.36. The van der Waals surface area contributed by atoms with Gasteiger partial charge in [0.05, 0.1) is 14.2 Å². The first-order valence-corrected chi connectivity index (χ1v) is 5.92. The third-order valence-corrected chi connectivity index (χ3v) is 3.18. The fourth-order valence-corrected chi connectivity index (χ4v) is 2.43. The summed E-state index contributed by atoms with van der Waals surface area (Å²) >= 11 is 0. The summed E-state index contributed by atoms with van der Waals surface area (Å²) in [6.07, 6.45) is 0.992. The number of benzene rings is 1. The highest BCUT2D eigenvalue weighted by molar-refractivity contribution is 5.54. The van der Waals surface area contributed by atoms with Crippen LogP contribution >= 0.6 is 0 Å². The van der Waals surface area contributed by atoms with E-state index < -0.39 is 0 Å². The summed E-state index contributed by atoms with van der Waals surface area (Å²) < 4.78 is 11.0. The summed E-state index contributed by atoms with van der Waals surface area (Å²) in [5.74, 6) is 1.97. The minimum absolute atomic E-state index is 0.792. The van der Waals surface area contributed by atoms with Gasteiger partial charge in [0.1, 0.15) is 11.5 Å². The molecule has 4 heteroatoms. The Morgan fingerprint density at radius 3 is 2.76 bits per heavy atom. The number of nitrogens with one attached hydrogen (secondary N) is 2. The fraction of sp³-hybridized carbons (Fsp3) is 0.538. The first-order chi connectivity index (χ1) is 8.31. The Labute approximate surface area is 102 Å². The minimum Gasteiger partial charge on any atom is -0.496 e. The number of hydrogen-bond donors (Lipinski definition) is 2. The summed E-state index contributed by atoms with van der Waals surface area (Å²) in [4.78, 5) is 0. The maximum Gasteiger partial charge on any atom is 0.127 e. The van der Waals surface area contributed by atoms with Crippen LogP contribution in [0.25, 0.3) is 0 Å². The lowest BCUT2D eigenvalue weighted by Gasteiger charge is -2.24. The quantitative estimate of drug-likeness (QED) is 0.820. The highest BCUT2D eigenvalue weighted by Gasteiger charge is 2.21. The van der Waals surface area contributed by atoms with E-state index in [1.165, 1.54) is 11.1 Å². The van der Waals surface area contributed by atoms with E-state index in [1.807, 2.05) is 7.05 Å². The summed E-state index contributed by atoms with van der Waals surface area (Å²) in [7, 11) is 5.40. The van der Waals surface area contributed by atoms with Crippen molar-refractivity contribution in [3.05, 3.63) is 22.8 Å². The molecule has 0 atom stereocenters. The largest absolute Gasteiger partial charge is 0.496 e. The third-order valence-electron chi connectivity index (χ3n) is 3.18. The van der Waals surface area contributed by atoms with Crippen LogP contribution in [-0.4, -0.2) is 27.8 Å². The van der Waals surface area contributed by atoms with E-state index in [4.69, 9.17) is 9.47 Å². The summed E-state index contributed by atoms with van der Waals surface area (Å²) in [6, 6.07) is 2.07. The molecule has 1 aromatic rings. The van der Waals surface area contributed by atoms with Crippen LogP contribution < -0.4 is 20.1 Å². The maximum atomic E-state index is 5.57. The Balaban J connectivity index is 2.54. The SMILES string of the molecule is CNCc1cc(OC)c2c(c1OC)CCNC2. The van der Waals surface area contributed by atoms with Crippen LogP contribution in [0.4, 0.5) is 0 Å². The molecule has 1 aliphatic heterocycles. The zero-order valence-corrected chi connectivity index (χ0v) is 10.7. The number of hydrogen-bond acceptors (Lipinski definition) is 4. The Bertz CT molecular complexity index is 405. The predicted molar refractivity (Wildman–Crippen MR) is 67.7 cm³/mol. The van der Waals surface area contributed by atoms with Crippen LogP contribution in [0.1, 0.15) is 16.7 Å². The number of methoxy groups -OCH3 is 2. The molecule has 0 unspecified atom stereocenters. The molecule has 0 amide bonds. The van der Waals surface area contributed by atoms with E-state index >= 15 is 0 Å². The normalized spacial score (nSPS) is 14.3. The summed E-state index contributed by atoms with van der Waals surface area (Å²) in [6.45, 7) is 2.64. The Morgan fingerprint density at radius 2 is 2.12 bits per heavy atom. The molecule has 0 saturated carbocycles. The van der Waals surface area contributed by atoms with Gasteiger partial charge in [0.2, 0.25) is 0 Å². The van der Waals surface area contributed by atoms with Gasteiger partial charge in [0, 0.05) is 29.8 Å². The predicted octanol–water partition coefficient (Wildman–Crippen LogP) is 1.07. The maximum absolute atomic E-state index is 5.57. The van der Waals surface area contributed by atoms with E-state index in [1.54, 1.807) is 14.2 Å². The van der Waals surface area contributed by atoms with Gasteiger partial charge in [0.25, 0.3) is 0 Å². The van der Waals surface area contributed by atoms with Gasteiger partial charge in [-0.1, -0.05) is 0 Å². The van der Waals surface area contributed by atoms with Gasteiger partial charge in [-0.05, 0) is 26.1 Å². The van der Waals surface area contributed by atoms with Crippen LogP contribution in [0.2, 0.25) is 0 Å². The van der Waals surface area contributed by atoms with Crippen molar-refractivity contribution in [2.45, 2.75) is 19.5 Å². The van der Waals surface area contributed by atoms with Gasteiger partial charge in [-0.2, -0.15) is 0 Å². The van der Waals surface area contributed by atoms with Crippen molar-refractivity contribution in [2.75, 3.05) is 27.8 Å². The molecule has 0 aromatic heterocycles.